The summed E-state index contributed by atoms with van der Waals surface area (Å²) in [7, 11) is 0. The van der Waals surface area contributed by atoms with Gasteiger partial charge in [-0.2, -0.15) is 0 Å². The second kappa shape index (κ2) is 5.08. The van der Waals surface area contributed by atoms with Gasteiger partial charge in [0, 0.05) is 24.2 Å². The smallest absolute Gasteiger partial charge is 0.157 e. The van der Waals surface area contributed by atoms with Gasteiger partial charge in [0.2, 0.25) is 0 Å². The zero-order valence-electron chi connectivity index (χ0n) is 9.80. The van der Waals surface area contributed by atoms with Crippen LogP contribution in [0.5, 0.6) is 0 Å². The number of hydrogen-bond donors (Lipinski definition) is 1. The van der Waals surface area contributed by atoms with Crippen molar-refractivity contribution in [3.63, 3.8) is 0 Å². The van der Waals surface area contributed by atoms with E-state index in [1.165, 1.54) is 30.6 Å². The van der Waals surface area contributed by atoms with Crippen LogP contribution in [0.4, 0.5) is 0 Å². The number of nitrogens with zero attached hydrogens (tertiary/aromatic N) is 2. The van der Waals surface area contributed by atoms with E-state index in [9.17, 15) is 0 Å². The molecule has 2 fully saturated rings. The molecule has 1 aliphatic carbocycles. The summed E-state index contributed by atoms with van der Waals surface area (Å²) in [4.78, 5) is 8.75. The molecule has 0 aromatic carbocycles. The Bertz CT molecular complexity index is 404. The predicted molar refractivity (Wildman–Crippen MR) is 72.1 cm³/mol. The van der Waals surface area contributed by atoms with Crippen LogP contribution in [0.15, 0.2) is 29.5 Å². The first-order valence-corrected chi connectivity index (χ1v) is 7.23. The molecule has 0 amide bonds. The topological polar surface area (TPSA) is 37.3 Å². The Morgan fingerprint density at radius 1 is 1.47 bits per heavy atom. The molecule has 1 saturated carbocycles. The fourth-order valence-corrected chi connectivity index (χ4v) is 3.72. The van der Waals surface area contributed by atoms with Crippen molar-refractivity contribution in [3.05, 3.63) is 30.1 Å². The summed E-state index contributed by atoms with van der Waals surface area (Å²) in [6.45, 7) is 0.737. The van der Waals surface area contributed by atoms with Crippen molar-refractivity contribution in [2.45, 2.75) is 31.8 Å². The molecule has 2 heterocycles. The Balaban J connectivity index is 1.61. The standard InChI is InChI=1S/C13H17N3S/c1-4-11-9-17-13(16-12(11)5-1)15-8-10-3-2-6-14-7-10/h2-3,6-7,11-12H,1,4-5,8-9H2,(H,15,16). The monoisotopic (exact) mass is 247 g/mol. The second-order valence-corrected chi connectivity index (χ2v) is 5.74. The molecule has 0 bridgehead atoms. The highest BCUT2D eigenvalue weighted by molar-refractivity contribution is 8.13. The molecule has 1 N–H and O–H groups in total. The molecular formula is C13H17N3S. The largest absolute Gasteiger partial charge is 0.362 e. The van der Waals surface area contributed by atoms with E-state index in [1.54, 1.807) is 6.20 Å². The Hall–Kier alpha value is -1.03. The van der Waals surface area contributed by atoms with E-state index >= 15 is 0 Å². The van der Waals surface area contributed by atoms with Crippen LogP contribution in [-0.2, 0) is 6.54 Å². The van der Waals surface area contributed by atoms with Gasteiger partial charge in [-0.25, -0.2) is 0 Å². The summed E-state index contributed by atoms with van der Waals surface area (Å²) in [6.07, 6.45) is 7.76. The van der Waals surface area contributed by atoms with Crippen LogP contribution in [0.2, 0.25) is 0 Å². The summed E-state index contributed by atoms with van der Waals surface area (Å²) >= 11 is 1.88. The Morgan fingerprint density at radius 3 is 3.35 bits per heavy atom. The van der Waals surface area contributed by atoms with Crippen LogP contribution in [0.25, 0.3) is 0 Å². The SMILES string of the molecule is c1cncc(CN=C2NC3CCCC3CS2)c1. The van der Waals surface area contributed by atoms with Gasteiger partial charge in [0.15, 0.2) is 5.17 Å². The van der Waals surface area contributed by atoms with Crippen LogP contribution in [0, 0.1) is 5.92 Å². The minimum absolute atomic E-state index is 0.684. The van der Waals surface area contributed by atoms with Gasteiger partial charge in [-0.3, -0.25) is 9.98 Å². The first kappa shape index (κ1) is 11.1. The van der Waals surface area contributed by atoms with Crippen molar-refractivity contribution >= 4 is 16.9 Å². The molecule has 90 valence electrons. The molecule has 1 aliphatic heterocycles. The maximum atomic E-state index is 4.64. The lowest BCUT2D eigenvalue weighted by molar-refractivity contribution is 0.489. The molecule has 0 spiro atoms. The molecule has 3 nitrogen and oxygen atoms in total. The van der Waals surface area contributed by atoms with E-state index in [0.29, 0.717) is 6.04 Å². The van der Waals surface area contributed by atoms with Crippen molar-refractivity contribution in [1.82, 2.24) is 10.3 Å². The molecule has 4 heteroatoms. The lowest BCUT2D eigenvalue weighted by atomic mass is 10.1. The molecule has 2 aliphatic rings. The highest BCUT2D eigenvalue weighted by Gasteiger charge is 2.31. The van der Waals surface area contributed by atoms with Crippen LogP contribution in [0.1, 0.15) is 24.8 Å². The summed E-state index contributed by atoms with van der Waals surface area (Å²) in [5.41, 5.74) is 1.18. The number of pyridine rings is 1. The average Bonchev–Trinajstić information content (AvgIpc) is 2.85. The third kappa shape index (κ3) is 2.63. The van der Waals surface area contributed by atoms with Gasteiger partial charge in [-0.05, 0) is 30.4 Å². The number of fused-ring (bicyclic) bond motifs is 1. The minimum atomic E-state index is 0.684. The van der Waals surface area contributed by atoms with Crippen molar-refractivity contribution < 1.29 is 0 Å². The molecule has 17 heavy (non-hydrogen) atoms. The molecule has 1 aromatic rings. The molecular weight excluding hydrogens is 230 g/mol. The number of thioether (sulfide) groups is 1. The number of nitrogens with one attached hydrogen (secondary N) is 1. The lowest BCUT2D eigenvalue weighted by Gasteiger charge is -2.28. The van der Waals surface area contributed by atoms with Gasteiger partial charge >= 0.3 is 0 Å². The lowest BCUT2D eigenvalue weighted by Crippen LogP contribution is -2.41. The fourth-order valence-electron chi connectivity index (χ4n) is 2.56. The van der Waals surface area contributed by atoms with Gasteiger partial charge in [-0.15, -0.1) is 0 Å². The highest BCUT2D eigenvalue weighted by Crippen LogP contribution is 2.32. The van der Waals surface area contributed by atoms with E-state index in [1.807, 2.05) is 24.0 Å². The van der Waals surface area contributed by atoms with Gasteiger partial charge < -0.3 is 5.32 Å². The summed E-state index contributed by atoms with van der Waals surface area (Å²) in [6, 6.07) is 4.72. The van der Waals surface area contributed by atoms with E-state index in [4.69, 9.17) is 0 Å². The second-order valence-electron chi connectivity index (χ2n) is 4.74. The van der Waals surface area contributed by atoms with Crippen LogP contribution >= 0.6 is 11.8 Å². The van der Waals surface area contributed by atoms with Gasteiger partial charge in [0.1, 0.15) is 0 Å². The zero-order valence-corrected chi connectivity index (χ0v) is 10.6. The van der Waals surface area contributed by atoms with Crippen molar-refractivity contribution in [1.29, 1.82) is 0 Å². The number of hydrogen-bond acceptors (Lipinski definition) is 3. The van der Waals surface area contributed by atoms with Crippen LogP contribution in [-0.4, -0.2) is 21.9 Å². The zero-order chi connectivity index (χ0) is 11.5. The first-order valence-electron chi connectivity index (χ1n) is 6.24. The molecule has 0 radical (unpaired) electrons. The Kier molecular flexibility index (Phi) is 3.31. The van der Waals surface area contributed by atoms with E-state index in [2.05, 4.69) is 21.4 Å². The van der Waals surface area contributed by atoms with Crippen molar-refractivity contribution in [2.75, 3.05) is 5.75 Å². The van der Waals surface area contributed by atoms with Crippen LogP contribution in [0.3, 0.4) is 0 Å². The number of rotatable bonds is 2. The average molecular weight is 247 g/mol. The Morgan fingerprint density at radius 2 is 2.47 bits per heavy atom. The van der Waals surface area contributed by atoms with Gasteiger partial charge in [-0.1, -0.05) is 24.2 Å². The molecule has 2 atom stereocenters. The van der Waals surface area contributed by atoms with Crippen molar-refractivity contribution in [2.24, 2.45) is 10.9 Å². The van der Waals surface area contributed by atoms with E-state index in [-0.39, 0.29) is 0 Å². The highest BCUT2D eigenvalue weighted by atomic mass is 32.2. The van der Waals surface area contributed by atoms with Crippen LogP contribution < -0.4 is 5.32 Å². The summed E-state index contributed by atoms with van der Waals surface area (Å²) in [5, 5.41) is 4.70. The quantitative estimate of drug-likeness (QED) is 0.872. The predicted octanol–water partition coefficient (Wildman–Crippen LogP) is 2.44. The normalized spacial score (nSPS) is 30.0. The molecule has 1 saturated heterocycles. The summed E-state index contributed by atoms with van der Waals surface area (Å²) in [5.74, 6) is 2.11. The number of aromatic nitrogens is 1. The minimum Gasteiger partial charge on any atom is -0.362 e. The third-order valence-electron chi connectivity index (χ3n) is 3.53. The fraction of sp³-hybridized carbons (Fsp3) is 0.538. The Labute approximate surface area is 106 Å². The number of amidine groups is 1. The third-order valence-corrected chi connectivity index (χ3v) is 4.65. The van der Waals surface area contributed by atoms with E-state index in [0.717, 1.165) is 17.6 Å². The van der Waals surface area contributed by atoms with Gasteiger partial charge in [0.25, 0.3) is 0 Å². The molecule has 3 rings (SSSR count). The summed E-state index contributed by atoms with van der Waals surface area (Å²) < 4.78 is 0. The van der Waals surface area contributed by atoms with Crippen molar-refractivity contribution in [3.8, 4) is 0 Å². The molecule has 1 aromatic heterocycles. The number of aliphatic imine (C=N–C) groups is 1. The molecule has 2 unspecified atom stereocenters. The van der Waals surface area contributed by atoms with Gasteiger partial charge in [0.05, 0.1) is 6.54 Å². The maximum absolute atomic E-state index is 4.64. The maximum Gasteiger partial charge on any atom is 0.157 e. The first-order chi connectivity index (χ1) is 8.42. The van der Waals surface area contributed by atoms with E-state index < -0.39 is 0 Å².